The molecule has 0 aliphatic heterocycles. The standard InChI is InChI=1S/C13H6Br2Cl2F2/c14-6-3-10(18)12(11(19)4-6)13(15)8-2-1-7(16)5-9(8)17/h1-5,13H. The van der Waals surface area contributed by atoms with E-state index in [0.29, 0.717) is 20.1 Å². The first-order chi connectivity index (χ1) is 8.90. The molecular weight excluding hydrogens is 425 g/mol. The third-order valence-corrected chi connectivity index (χ3v) is 4.50. The molecule has 2 rings (SSSR count). The van der Waals surface area contributed by atoms with E-state index in [4.69, 9.17) is 23.2 Å². The summed E-state index contributed by atoms with van der Waals surface area (Å²) < 4.78 is 28.1. The first-order valence-corrected chi connectivity index (χ1v) is 7.60. The van der Waals surface area contributed by atoms with Crippen molar-refractivity contribution in [2.45, 2.75) is 4.83 Å². The molecule has 1 unspecified atom stereocenters. The van der Waals surface area contributed by atoms with Gasteiger partial charge in [-0.25, -0.2) is 8.78 Å². The fourth-order valence-electron chi connectivity index (χ4n) is 1.66. The van der Waals surface area contributed by atoms with Gasteiger partial charge in [0.1, 0.15) is 11.6 Å². The maximum Gasteiger partial charge on any atom is 0.131 e. The van der Waals surface area contributed by atoms with E-state index in [1.165, 1.54) is 18.2 Å². The van der Waals surface area contributed by atoms with Crippen LogP contribution in [0.1, 0.15) is 16.0 Å². The van der Waals surface area contributed by atoms with Crippen LogP contribution in [0.3, 0.4) is 0 Å². The smallest absolute Gasteiger partial charge is 0.131 e. The Morgan fingerprint density at radius 2 is 1.58 bits per heavy atom. The average molecular weight is 431 g/mol. The molecule has 0 radical (unpaired) electrons. The largest absolute Gasteiger partial charge is 0.206 e. The molecule has 2 aromatic rings. The highest BCUT2D eigenvalue weighted by molar-refractivity contribution is 9.10. The van der Waals surface area contributed by atoms with Gasteiger partial charge in [0.05, 0.1) is 4.83 Å². The minimum absolute atomic E-state index is 0.0903. The minimum atomic E-state index is -0.689. The molecule has 19 heavy (non-hydrogen) atoms. The fourth-order valence-corrected chi connectivity index (χ4v) is 3.55. The first kappa shape index (κ1) is 15.2. The summed E-state index contributed by atoms with van der Waals surface area (Å²) in [5, 5.41) is 0.807. The number of halogens is 6. The number of hydrogen-bond acceptors (Lipinski definition) is 0. The SMILES string of the molecule is Fc1cc(Br)cc(F)c1C(Br)c1ccc(Cl)cc1Cl. The number of hydrogen-bond donors (Lipinski definition) is 0. The van der Waals surface area contributed by atoms with Crippen molar-refractivity contribution >= 4 is 55.1 Å². The van der Waals surface area contributed by atoms with Gasteiger partial charge < -0.3 is 0 Å². The van der Waals surface area contributed by atoms with E-state index in [0.717, 1.165) is 0 Å². The van der Waals surface area contributed by atoms with Crippen molar-refractivity contribution in [1.29, 1.82) is 0 Å². The second-order valence-electron chi connectivity index (χ2n) is 3.81. The zero-order valence-electron chi connectivity index (χ0n) is 9.23. The van der Waals surface area contributed by atoms with Crippen LogP contribution in [0.15, 0.2) is 34.8 Å². The molecular formula is C13H6Br2Cl2F2. The summed E-state index contributed by atoms with van der Waals surface area (Å²) in [6.45, 7) is 0. The average Bonchev–Trinajstić information content (AvgIpc) is 2.26. The molecule has 0 saturated carbocycles. The Balaban J connectivity index is 2.53. The highest BCUT2D eigenvalue weighted by Crippen LogP contribution is 2.39. The van der Waals surface area contributed by atoms with Crippen LogP contribution in [0.4, 0.5) is 8.78 Å². The second kappa shape index (κ2) is 6.08. The Morgan fingerprint density at radius 1 is 1.00 bits per heavy atom. The molecule has 0 saturated heterocycles. The summed E-state index contributed by atoms with van der Waals surface area (Å²) in [4.78, 5) is -0.689. The highest BCUT2D eigenvalue weighted by atomic mass is 79.9. The van der Waals surface area contributed by atoms with E-state index in [1.807, 2.05) is 0 Å². The lowest BCUT2D eigenvalue weighted by atomic mass is 10.0. The van der Waals surface area contributed by atoms with Gasteiger partial charge in [-0.3, -0.25) is 0 Å². The summed E-state index contributed by atoms with van der Waals surface area (Å²) in [6, 6.07) is 7.19. The first-order valence-electron chi connectivity index (χ1n) is 5.13. The number of rotatable bonds is 2. The molecule has 1 atom stereocenters. The van der Waals surface area contributed by atoms with Crippen molar-refractivity contribution in [1.82, 2.24) is 0 Å². The molecule has 6 heteroatoms. The van der Waals surface area contributed by atoms with Crippen LogP contribution >= 0.6 is 55.1 Å². The molecule has 0 amide bonds. The van der Waals surface area contributed by atoms with Crippen molar-refractivity contribution < 1.29 is 8.78 Å². The normalized spacial score (nSPS) is 12.5. The molecule has 0 N–H and O–H groups in total. The summed E-state index contributed by atoms with van der Waals surface area (Å²) in [7, 11) is 0. The summed E-state index contributed by atoms with van der Waals surface area (Å²) in [5.41, 5.74) is 0.457. The van der Waals surface area contributed by atoms with Crippen LogP contribution in [-0.2, 0) is 0 Å². The zero-order valence-corrected chi connectivity index (χ0v) is 13.9. The van der Waals surface area contributed by atoms with Gasteiger partial charge in [0.2, 0.25) is 0 Å². The van der Waals surface area contributed by atoms with Crippen molar-refractivity contribution in [3.05, 3.63) is 67.6 Å². The molecule has 100 valence electrons. The molecule has 0 aliphatic carbocycles. The predicted molar refractivity (Wildman–Crippen MR) is 81.3 cm³/mol. The van der Waals surface area contributed by atoms with Gasteiger partial charge in [0.25, 0.3) is 0 Å². The van der Waals surface area contributed by atoms with Crippen LogP contribution in [-0.4, -0.2) is 0 Å². The second-order valence-corrected chi connectivity index (χ2v) is 6.49. The molecule has 0 bridgehead atoms. The lowest BCUT2D eigenvalue weighted by molar-refractivity contribution is 0.559. The Morgan fingerprint density at radius 3 is 2.11 bits per heavy atom. The van der Waals surface area contributed by atoms with Crippen LogP contribution in [0.25, 0.3) is 0 Å². The molecule has 0 nitrogen and oxygen atoms in total. The molecule has 0 fully saturated rings. The van der Waals surface area contributed by atoms with Gasteiger partial charge in [0.15, 0.2) is 0 Å². The lowest BCUT2D eigenvalue weighted by Crippen LogP contribution is -2.01. The van der Waals surface area contributed by atoms with Gasteiger partial charge in [-0.15, -0.1) is 0 Å². The molecule has 2 aromatic carbocycles. The van der Waals surface area contributed by atoms with E-state index < -0.39 is 16.5 Å². The van der Waals surface area contributed by atoms with E-state index >= 15 is 0 Å². The van der Waals surface area contributed by atoms with Crippen molar-refractivity contribution in [2.24, 2.45) is 0 Å². The van der Waals surface area contributed by atoms with E-state index in [9.17, 15) is 8.78 Å². The predicted octanol–water partition coefficient (Wildman–Crippen LogP) is 6.52. The quantitative estimate of drug-likeness (QED) is 0.476. The topological polar surface area (TPSA) is 0 Å². The molecule has 0 aliphatic rings. The number of benzene rings is 2. The maximum absolute atomic E-state index is 13.9. The minimum Gasteiger partial charge on any atom is -0.206 e. The van der Waals surface area contributed by atoms with Crippen molar-refractivity contribution in [3.63, 3.8) is 0 Å². The summed E-state index contributed by atoms with van der Waals surface area (Å²) in [6.07, 6.45) is 0. The van der Waals surface area contributed by atoms with Gasteiger partial charge >= 0.3 is 0 Å². The highest BCUT2D eigenvalue weighted by Gasteiger charge is 2.22. The summed E-state index contributed by atoms with van der Waals surface area (Å²) in [5.74, 6) is -1.31. The van der Waals surface area contributed by atoms with Crippen molar-refractivity contribution in [3.8, 4) is 0 Å². The summed E-state index contributed by atoms with van der Waals surface area (Å²) >= 11 is 18.1. The Kier molecular flexibility index (Phi) is 4.88. The zero-order chi connectivity index (χ0) is 14.2. The van der Waals surface area contributed by atoms with Gasteiger partial charge in [0, 0.05) is 20.1 Å². The fraction of sp³-hybridized carbons (Fsp3) is 0.0769. The van der Waals surface area contributed by atoms with Crippen LogP contribution < -0.4 is 0 Å². The Hall–Kier alpha value is -0.160. The van der Waals surface area contributed by atoms with Crippen LogP contribution in [0, 0.1) is 11.6 Å². The molecule has 0 aromatic heterocycles. The van der Waals surface area contributed by atoms with E-state index in [-0.39, 0.29) is 5.56 Å². The maximum atomic E-state index is 13.9. The third-order valence-electron chi connectivity index (χ3n) is 2.53. The molecule has 0 heterocycles. The van der Waals surface area contributed by atoms with Gasteiger partial charge in [-0.2, -0.15) is 0 Å². The van der Waals surface area contributed by atoms with Gasteiger partial charge in [-0.1, -0.05) is 61.1 Å². The third kappa shape index (κ3) is 3.30. The Bertz CT molecular complexity index is 609. The number of alkyl halides is 1. The van der Waals surface area contributed by atoms with E-state index in [1.54, 1.807) is 12.1 Å². The van der Waals surface area contributed by atoms with Crippen LogP contribution in [0.5, 0.6) is 0 Å². The van der Waals surface area contributed by atoms with Gasteiger partial charge in [-0.05, 0) is 29.8 Å². The lowest BCUT2D eigenvalue weighted by Gasteiger charge is -2.15. The van der Waals surface area contributed by atoms with E-state index in [2.05, 4.69) is 31.9 Å². The Labute approximate surface area is 136 Å². The molecule has 0 spiro atoms. The van der Waals surface area contributed by atoms with Crippen LogP contribution in [0.2, 0.25) is 10.0 Å². The monoisotopic (exact) mass is 428 g/mol. The van der Waals surface area contributed by atoms with Crippen molar-refractivity contribution in [2.75, 3.05) is 0 Å².